The molecule has 1 atom stereocenters. The topological polar surface area (TPSA) is 71.5 Å². The van der Waals surface area contributed by atoms with Gasteiger partial charge in [-0.05, 0) is 43.1 Å². The maximum atomic E-state index is 6.04. The summed E-state index contributed by atoms with van der Waals surface area (Å²) in [4.78, 5) is 6.99. The molecule has 1 aromatic heterocycles. The van der Waals surface area contributed by atoms with Gasteiger partial charge in [-0.25, -0.2) is 4.99 Å². The van der Waals surface area contributed by atoms with Gasteiger partial charge >= 0.3 is 0 Å². The highest BCUT2D eigenvalue weighted by Crippen LogP contribution is 2.15. The Morgan fingerprint density at radius 3 is 2.96 bits per heavy atom. The van der Waals surface area contributed by atoms with Crippen LogP contribution in [0.1, 0.15) is 30.9 Å². The lowest BCUT2D eigenvalue weighted by molar-refractivity contribution is 0.267. The van der Waals surface area contributed by atoms with Gasteiger partial charge < -0.3 is 11.1 Å². The van der Waals surface area contributed by atoms with Crippen molar-refractivity contribution in [3.63, 3.8) is 0 Å². The van der Waals surface area contributed by atoms with Crippen LogP contribution in [0.3, 0.4) is 0 Å². The molecule has 142 valence electrons. The maximum Gasteiger partial charge on any atom is 0.188 e. The standard InChI is InChI=1S/C19H28N6.HI/c1-2-24-10-4-8-18(24)14-22-19(20)21-13-16-6-3-7-17(12-16)15-25-11-5-9-23-25;/h3,5-7,9,11-12,18H,2,4,8,10,13-15H2,1H3,(H3,20,21,22);1H. The van der Waals surface area contributed by atoms with E-state index in [2.05, 4.69) is 51.5 Å². The van der Waals surface area contributed by atoms with Crippen LogP contribution in [0.15, 0.2) is 47.7 Å². The number of aromatic nitrogens is 2. The van der Waals surface area contributed by atoms with E-state index in [1.807, 2.05) is 16.9 Å². The number of benzene rings is 1. The largest absolute Gasteiger partial charge is 0.370 e. The smallest absolute Gasteiger partial charge is 0.188 e. The summed E-state index contributed by atoms with van der Waals surface area (Å²) in [5, 5.41) is 7.53. The molecule has 0 radical (unpaired) electrons. The van der Waals surface area contributed by atoms with Gasteiger partial charge in [0.1, 0.15) is 0 Å². The maximum absolute atomic E-state index is 6.04. The molecule has 6 nitrogen and oxygen atoms in total. The van der Waals surface area contributed by atoms with Gasteiger partial charge in [0.05, 0.1) is 13.1 Å². The van der Waals surface area contributed by atoms with Gasteiger partial charge in [-0.3, -0.25) is 9.58 Å². The number of aliphatic imine (C=N–C) groups is 1. The molecule has 0 saturated carbocycles. The molecule has 3 rings (SSSR count). The third kappa shape index (κ3) is 5.98. The van der Waals surface area contributed by atoms with Crippen molar-refractivity contribution in [2.45, 2.75) is 38.9 Å². The molecule has 1 saturated heterocycles. The fourth-order valence-electron chi connectivity index (χ4n) is 3.40. The first kappa shape index (κ1) is 20.7. The molecule has 0 spiro atoms. The van der Waals surface area contributed by atoms with E-state index >= 15 is 0 Å². The SMILES string of the molecule is CCN1CCCC1CNC(N)=NCc1cccc(Cn2cccn2)c1.I. The average Bonchev–Trinajstić information content (AvgIpc) is 3.29. The molecule has 0 aliphatic carbocycles. The zero-order chi connectivity index (χ0) is 17.5. The Hall–Kier alpha value is -1.61. The molecule has 1 unspecified atom stereocenters. The minimum absolute atomic E-state index is 0. The summed E-state index contributed by atoms with van der Waals surface area (Å²) in [5.74, 6) is 0.528. The molecule has 26 heavy (non-hydrogen) atoms. The zero-order valence-corrected chi connectivity index (χ0v) is 17.7. The second-order valence-electron chi connectivity index (χ2n) is 6.53. The number of halogens is 1. The van der Waals surface area contributed by atoms with E-state index in [0.29, 0.717) is 18.5 Å². The van der Waals surface area contributed by atoms with E-state index < -0.39 is 0 Å². The summed E-state index contributed by atoms with van der Waals surface area (Å²) in [6, 6.07) is 10.9. The highest BCUT2D eigenvalue weighted by atomic mass is 127. The molecule has 3 N–H and O–H groups in total. The Balaban J connectivity index is 0.00000243. The molecule has 1 aromatic carbocycles. The van der Waals surface area contributed by atoms with Crippen molar-refractivity contribution in [3.8, 4) is 0 Å². The van der Waals surface area contributed by atoms with Crippen molar-refractivity contribution < 1.29 is 0 Å². The number of likely N-dealkylation sites (tertiary alicyclic amines) is 1. The van der Waals surface area contributed by atoms with Crippen molar-refractivity contribution in [2.75, 3.05) is 19.6 Å². The van der Waals surface area contributed by atoms with Crippen LogP contribution in [0.5, 0.6) is 0 Å². The molecule has 2 heterocycles. The number of nitrogens with one attached hydrogen (secondary N) is 1. The van der Waals surface area contributed by atoms with Crippen LogP contribution in [-0.4, -0.2) is 46.3 Å². The van der Waals surface area contributed by atoms with Gasteiger partial charge in [-0.2, -0.15) is 5.10 Å². The molecule has 2 aromatic rings. The predicted octanol–water partition coefficient (Wildman–Crippen LogP) is 2.44. The quantitative estimate of drug-likeness (QED) is 0.372. The highest BCUT2D eigenvalue weighted by Gasteiger charge is 2.22. The fraction of sp³-hybridized carbons (Fsp3) is 0.474. The molecule has 1 fully saturated rings. The third-order valence-corrected chi connectivity index (χ3v) is 4.75. The first-order valence-corrected chi connectivity index (χ1v) is 9.07. The van der Waals surface area contributed by atoms with E-state index in [0.717, 1.165) is 25.2 Å². The summed E-state index contributed by atoms with van der Waals surface area (Å²) in [6.07, 6.45) is 6.28. The number of nitrogens with two attached hydrogens (primary N) is 1. The van der Waals surface area contributed by atoms with Crippen LogP contribution in [-0.2, 0) is 13.1 Å². The normalized spacial score (nSPS) is 17.9. The van der Waals surface area contributed by atoms with E-state index in [1.165, 1.54) is 24.9 Å². The Kier molecular flexibility index (Phi) is 8.37. The second kappa shape index (κ2) is 10.5. The van der Waals surface area contributed by atoms with Crippen molar-refractivity contribution in [1.82, 2.24) is 20.0 Å². The van der Waals surface area contributed by atoms with E-state index in [9.17, 15) is 0 Å². The Morgan fingerprint density at radius 2 is 2.19 bits per heavy atom. The summed E-state index contributed by atoms with van der Waals surface area (Å²) in [5.41, 5.74) is 8.41. The second-order valence-corrected chi connectivity index (χ2v) is 6.53. The van der Waals surface area contributed by atoms with Gasteiger partial charge in [0, 0.05) is 25.0 Å². The summed E-state index contributed by atoms with van der Waals surface area (Å²) >= 11 is 0. The molecule has 1 aliphatic heterocycles. The number of hydrogen-bond donors (Lipinski definition) is 2. The van der Waals surface area contributed by atoms with Crippen LogP contribution in [0.2, 0.25) is 0 Å². The van der Waals surface area contributed by atoms with Gasteiger partial charge in [0.15, 0.2) is 5.96 Å². The third-order valence-electron chi connectivity index (χ3n) is 4.75. The van der Waals surface area contributed by atoms with E-state index in [4.69, 9.17) is 5.73 Å². The minimum Gasteiger partial charge on any atom is -0.370 e. The molecular formula is C19H29IN6. The first-order valence-electron chi connectivity index (χ1n) is 9.07. The van der Waals surface area contributed by atoms with Gasteiger partial charge in [-0.15, -0.1) is 24.0 Å². The summed E-state index contributed by atoms with van der Waals surface area (Å²) in [6.45, 7) is 6.75. The van der Waals surface area contributed by atoms with Gasteiger partial charge in [-0.1, -0.05) is 31.2 Å². The van der Waals surface area contributed by atoms with Crippen molar-refractivity contribution in [2.24, 2.45) is 10.7 Å². The number of nitrogens with zero attached hydrogens (tertiary/aromatic N) is 4. The van der Waals surface area contributed by atoms with Gasteiger partial charge in [0.25, 0.3) is 0 Å². The number of likely N-dealkylation sites (N-methyl/N-ethyl adjacent to an activating group) is 1. The lowest BCUT2D eigenvalue weighted by atomic mass is 10.1. The van der Waals surface area contributed by atoms with Crippen molar-refractivity contribution in [1.29, 1.82) is 0 Å². The molecule has 7 heteroatoms. The van der Waals surface area contributed by atoms with Crippen molar-refractivity contribution in [3.05, 3.63) is 53.9 Å². The molecular weight excluding hydrogens is 439 g/mol. The average molecular weight is 468 g/mol. The first-order chi connectivity index (χ1) is 12.2. The summed E-state index contributed by atoms with van der Waals surface area (Å²) < 4.78 is 1.92. The van der Waals surface area contributed by atoms with Gasteiger partial charge in [0.2, 0.25) is 0 Å². The number of hydrogen-bond acceptors (Lipinski definition) is 3. The van der Waals surface area contributed by atoms with E-state index in [-0.39, 0.29) is 24.0 Å². The van der Waals surface area contributed by atoms with Crippen LogP contribution < -0.4 is 11.1 Å². The molecule has 1 aliphatic rings. The minimum atomic E-state index is 0. The van der Waals surface area contributed by atoms with Crippen molar-refractivity contribution >= 4 is 29.9 Å². The van der Waals surface area contributed by atoms with Crippen LogP contribution >= 0.6 is 24.0 Å². The zero-order valence-electron chi connectivity index (χ0n) is 15.3. The number of rotatable bonds is 7. The highest BCUT2D eigenvalue weighted by molar-refractivity contribution is 14.0. The Bertz CT molecular complexity index is 685. The Labute approximate surface area is 172 Å². The molecule has 0 bridgehead atoms. The monoisotopic (exact) mass is 468 g/mol. The molecule has 0 amide bonds. The fourth-order valence-corrected chi connectivity index (χ4v) is 3.40. The van der Waals surface area contributed by atoms with Crippen LogP contribution in [0.25, 0.3) is 0 Å². The lowest BCUT2D eigenvalue weighted by Crippen LogP contribution is -2.42. The Morgan fingerprint density at radius 1 is 1.35 bits per heavy atom. The van der Waals surface area contributed by atoms with E-state index in [1.54, 1.807) is 6.20 Å². The van der Waals surface area contributed by atoms with Crippen LogP contribution in [0, 0.1) is 0 Å². The summed E-state index contributed by atoms with van der Waals surface area (Å²) in [7, 11) is 0. The predicted molar refractivity (Wildman–Crippen MR) is 117 cm³/mol. The lowest BCUT2D eigenvalue weighted by Gasteiger charge is -2.23. The number of guanidine groups is 1. The van der Waals surface area contributed by atoms with Crippen LogP contribution in [0.4, 0.5) is 0 Å².